The molecule has 0 saturated heterocycles. The van der Waals surface area contributed by atoms with Gasteiger partial charge in [-0.15, -0.1) is 11.3 Å². The minimum absolute atomic E-state index is 0.836. The quantitative estimate of drug-likeness (QED) is 0.589. The lowest BCUT2D eigenvalue weighted by atomic mass is 9.98. The summed E-state index contributed by atoms with van der Waals surface area (Å²) in [5.74, 6) is 0. The van der Waals surface area contributed by atoms with Crippen LogP contribution in [0.25, 0.3) is 0 Å². The molecule has 1 aliphatic carbocycles. The fraction of sp³-hybridized carbons (Fsp3) is 0.375. The van der Waals surface area contributed by atoms with E-state index < -0.39 is 0 Å². The number of aryl methyl sites for hydroxylation is 1. The first-order valence-electron chi connectivity index (χ1n) is 3.52. The van der Waals surface area contributed by atoms with E-state index in [1.54, 1.807) is 11.3 Å². The Kier molecular flexibility index (Phi) is 1.34. The molecule has 0 unspecified atom stereocenters. The molecule has 0 spiro atoms. The van der Waals surface area contributed by atoms with Crippen molar-refractivity contribution >= 4 is 17.0 Å². The largest absolute Gasteiger partial charge is 0.305 e. The molecule has 0 bridgehead atoms. The van der Waals surface area contributed by atoms with Gasteiger partial charge in [0.25, 0.3) is 0 Å². The SMILES string of the molecule is N=C1CCCc2sccc21. The van der Waals surface area contributed by atoms with Crippen LogP contribution in [-0.2, 0) is 6.42 Å². The van der Waals surface area contributed by atoms with Crippen molar-refractivity contribution in [3.05, 3.63) is 21.9 Å². The van der Waals surface area contributed by atoms with E-state index >= 15 is 0 Å². The minimum atomic E-state index is 0.836. The lowest BCUT2D eigenvalue weighted by Crippen LogP contribution is -2.06. The summed E-state index contributed by atoms with van der Waals surface area (Å²) in [6.07, 6.45) is 3.34. The zero-order valence-electron chi connectivity index (χ0n) is 5.68. The van der Waals surface area contributed by atoms with Crippen molar-refractivity contribution in [3.63, 3.8) is 0 Å². The molecule has 0 fully saturated rings. The number of thiophene rings is 1. The van der Waals surface area contributed by atoms with Gasteiger partial charge in [0.15, 0.2) is 0 Å². The first-order valence-corrected chi connectivity index (χ1v) is 4.40. The molecule has 1 heterocycles. The third-order valence-corrected chi connectivity index (χ3v) is 2.88. The smallest absolute Gasteiger partial charge is 0.0397 e. The zero-order chi connectivity index (χ0) is 6.97. The number of nitrogens with one attached hydrogen (secondary N) is 1. The molecular formula is C8H9NS. The average Bonchev–Trinajstić information content (AvgIpc) is 2.36. The lowest BCUT2D eigenvalue weighted by molar-refractivity contribution is 0.851. The molecule has 0 saturated carbocycles. The summed E-state index contributed by atoms with van der Waals surface area (Å²) in [4.78, 5) is 1.41. The molecule has 1 aliphatic rings. The van der Waals surface area contributed by atoms with E-state index in [2.05, 4.69) is 11.4 Å². The van der Waals surface area contributed by atoms with E-state index in [1.807, 2.05) is 0 Å². The third-order valence-electron chi connectivity index (χ3n) is 1.90. The van der Waals surface area contributed by atoms with Crippen molar-refractivity contribution in [1.29, 1.82) is 5.41 Å². The molecule has 0 aliphatic heterocycles. The topological polar surface area (TPSA) is 23.9 Å². The molecule has 1 nitrogen and oxygen atoms in total. The average molecular weight is 151 g/mol. The molecule has 52 valence electrons. The van der Waals surface area contributed by atoms with E-state index in [0.717, 1.165) is 12.1 Å². The van der Waals surface area contributed by atoms with Crippen molar-refractivity contribution in [2.24, 2.45) is 0 Å². The van der Waals surface area contributed by atoms with E-state index in [0.29, 0.717) is 0 Å². The fourth-order valence-corrected chi connectivity index (χ4v) is 2.31. The minimum Gasteiger partial charge on any atom is -0.305 e. The highest BCUT2D eigenvalue weighted by atomic mass is 32.1. The lowest BCUT2D eigenvalue weighted by Gasteiger charge is -2.10. The van der Waals surface area contributed by atoms with Crippen LogP contribution in [0.15, 0.2) is 11.4 Å². The molecule has 0 aromatic carbocycles. The highest BCUT2D eigenvalue weighted by Gasteiger charge is 2.13. The zero-order valence-corrected chi connectivity index (χ0v) is 6.50. The Labute approximate surface area is 64.2 Å². The van der Waals surface area contributed by atoms with E-state index in [4.69, 9.17) is 5.41 Å². The number of hydrogen-bond acceptors (Lipinski definition) is 2. The highest BCUT2D eigenvalue weighted by molar-refractivity contribution is 7.10. The van der Waals surface area contributed by atoms with Crippen molar-refractivity contribution < 1.29 is 0 Å². The molecule has 1 N–H and O–H groups in total. The molecule has 0 amide bonds. The molecule has 0 radical (unpaired) electrons. The predicted octanol–water partition coefficient (Wildman–Crippen LogP) is 2.45. The van der Waals surface area contributed by atoms with Crippen LogP contribution in [0.5, 0.6) is 0 Å². The van der Waals surface area contributed by atoms with Gasteiger partial charge in [0, 0.05) is 16.2 Å². The van der Waals surface area contributed by atoms with Gasteiger partial charge in [-0.05, 0) is 30.7 Å². The molecule has 2 heteroatoms. The van der Waals surface area contributed by atoms with Gasteiger partial charge in [0.05, 0.1) is 0 Å². The Bertz CT molecular complexity index is 262. The number of hydrogen-bond donors (Lipinski definition) is 1. The molecule has 1 aromatic rings. The van der Waals surface area contributed by atoms with Crippen LogP contribution in [0, 0.1) is 5.41 Å². The summed E-state index contributed by atoms with van der Waals surface area (Å²) in [6, 6.07) is 2.07. The Morgan fingerprint density at radius 3 is 3.10 bits per heavy atom. The molecule has 0 atom stereocenters. The van der Waals surface area contributed by atoms with Crippen LogP contribution in [0.2, 0.25) is 0 Å². The summed E-state index contributed by atoms with van der Waals surface area (Å²) in [7, 11) is 0. The maximum absolute atomic E-state index is 7.59. The summed E-state index contributed by atoms with van der Waals surface area (Å²) in [5, 5.41) is 9.68. The molecule has 1 aromatic heterocycles. The van der Waals surface area contributed by atoms with Crippen molar-refractivity contribution in [3.8, 4) is 0 Å². The van der Waals surface area contributed by atoms with Gasteiger partial charge in [-0.3, -0.25) is 0 Å². The van der Waals surface area contributed by atoms with Crippen molar-refractivity contribution in [2.45, 2.75) is 19.3 Å². The summed E-state index contributed by atoms with van der Waals surface area (Å²) < 4.78 is 0. The van der Waals surface area contributed by atoms with Crippen molar-refractivity contribution in [1.82, 2.24) is 0 Å². The summed E-state index contributed by atoms with van der Waals surface area (Å²) >= 11 is 1.79. The normalized spacial score (nSPS) is 17.0. The fourth-order valence-electron chi connectivity index (χ4n) is 1.36. The third kappa shape index (κ3) is 0.797. The van der Waals surface area contributed by atoms with E-state index in [1.165, 1.54) is 23.3 Å². The van der Waals surface area contributed by atoms with Gasteiger partial charge in [-0.25, -0.2) is 0 Å². The van der Waals surface area contributed by atoms with Crippen LogP contribution >= 0.6 is 11.3 Å². The van der Waals surface area contributed by atoms with Gasteiger partial charge < -0.3 is 5.41 Å². The van der Waals surface area contributed by atoms with Gasteiger partial charge >= 0.3 is 0 Å². The monoisotopic (exact) mass is 151 g/mol. The Hall–Kier alpha value is -0.630. The van der Waals surface area contributed by atoms with Gasteiger partial charge in [-0.1, -0.05) is 0 Å². The highest BCUT2D eigenvalue weighted by Crippen LogP contribution is 2.25. The van der Waals surface area contributed by atoms with Crippen LogP contribution in [0.4, 0.5) is 0 Å². The van der Waals surface area contributed by atoms with Crippen LogP contribution in [0.1, 0.15) is 23.3 Å². The Morgan fingerprint density at radius 1 is 1.40 bits per heavy atom. The van der Waals surface area contributed by atoms with Gasteiger partial charge in [0.2, 0.25) is 0 Å². The van der Waals surface area contributed by atoms with Gasteiger partial charge in [-0.2, -0.15) is 0 Å². The molecule has 10 heavy (non-hydrogen) atoms. The number of fused-ring (bicyclic) bond motifs is 1. The first kappa shape index (κ1) is 6.10. The second kappa shape index (κ2) is 2.20. The molecular weight excluding hydrogens is 142 g/mol. The Balaban J connectivity index is 2.50. The Morgan fingerprint density at radius 2 is 2.30 bits per heavy atom. The second-order valence-corrected chi connectivity index (χ2v) is 3.59. The van der Waals surface area contributed by atoms with Crippen LogP contribution < -0.4 is 0 Å². The standard InChI is InChI=1S/C8H9NS/c9-7-2-1-3-8-6(7)4-5-10-8/h4-5,9H,1-3H2. The van der Waals surface area contributed by atoms with E-state index in [9.17, 15) is 0 Å². The maximum Gasteiger partial charge on any atom is 0.0397 e. The first-order chi connectivity index (χ1) is 4.88. The summed E-state index contributed by atoms with van der Waals surface area (Å²) in [5.41, 5.74) is 2.04. The van der Waals surface area contributed by atoms with Crippen molar-refractivity contribution in [2.75, 3.05) is 0 Å². The van der Waals surface area contributed by atoms with Gasteiger partial charge in [0.1, 0.15) is 0 Å². The second-order valence-electron chi connectivity index (χ2n) is 2.59. The molecule has 2 rings (SSSR count). The number of rotatable bonds is 0. The predicted molar refractivity (Wildman–Crippen MR) is 44.1 cm³/mol. The van der Waals surface area contributed by atoms with E-state index in [-0.39, 0.29) is 0 Å². The summed E-state index contributed by atoms with van der Waals surface area (Å²) in [6.45, 7) is 0. The maximum atomic E-state index is 7.59. The van der Waals surface area contributed by atoms with Crippen LogP contribution in [-0.4, -0.2) is 5.71 Å². The van der Waals surface area contributed by atoms with Crippen LogP contribution in [0.3, 0.4) is 0 Å².